The molecule has 1 heterocycles. The summed E-state index contributed by atoms with van der Waals surface area (Å²) in [6, 6.07) is 0. The van der Waals surface area contributed by atoms with Crippen LogP contribution in [-0.2, 0) is 0 Å². The van der Waals surface area contributed by atoms with Crippen LogP contribution >= 0.6 is 11.6 Å². The predicted octanol–water partition coefficient (Wildman–Crippen LogP) is 2.35. The third-order valence-electron chi connectivity index (χ3n) is 1.80. The van der Waals surface area contributed by atoms with E-state index in [9.17, 15) is 4.39 Å². The van der Waals surface area contributed by atoms with Crippen LogP contribution < -0.4 is 5.32 Å². The first-order valence-electron chi connectivity index (χ1n) is 4.46. The number of hydrogen-bond acceptors (Lipinski definition) is 3. The number of nitrogens with one attached hydrogen (secondary N) is 1. The van der Waals surface area contributed by atoms with E-state index < -0.39 is 5.82 Å². The Morgan fingerprint density at radius 1 is 1.57 bits per heavy atom. The number of halogens is 2. The molecular formula is C9H13ClFN3. The molecule has 0 radical (unpaired) electrons. The van der Waals surface area contributed by atoms with Gasteiger partial charge in [0, 0.05) is 11.9 Å². The molecule has 1 aromatic heterocycles. The van der Waals surface area contributed by atoms with Crippen LogP contribution in [0.1, 0.15) is 19.0 Å². The third kappa shape index (κ3) is 3.10. The number of alkyl halides is 1. The molecule has 0 aliphatic heterocycles. The van der Waals surface area contributed by atoms with E-state index in [0.29, 0.717) is 12.2 Å². The fourth-order valence-corrected chi connectivity index (χ4v) is 1.08. The van der Waals surface area contributed by atoms with E-state index in [0.717, 1.165) is 6.42 Å². The summed E-state index contributed by atoms with van der Waals surface area (Å²) < 4.78 is 13.3. The van der Waals surface area contributed by atoms with Crippen LogP contribution in [0.4, 0.5) is 10.2 Å². The molecule has 0 aliphatic rings. The van der Waals surface area contributed by atoms with E-state index >= 15 is 0 Å². The molecule has 14 heavy (non-hydrogen) atoms. The van der Waals surface area contributed by atoms with E-state index in [1.54, 1.807) is 6.92 Å². The molecule has 0 aromatic carbocycles. The lowest BCUT2D eigenvalue weighted by Gasteiger charge is -2.07. The topological polar surface area (TPSA) is 37.8 Å². The predicted molar refractivity (Wildman–Crippen MR) is 55.1 cm³/mol. The fourth-order valence-electron chi connectivity index (χ4n) is 0.971. The molecule has 5 heteroatoms. The lowest BCUT2D eigenvalue weighted by atomic mass is 10.3. The van der Waals surface area contributed by atoms with Crippen molar-refractivity contribution in [2.24, 2.45) is 0 Å². The number of hydrogen-bond donors (Lipinski definition) is 1. The van der Waals surface area contributed by atoms with Crippen molar-refractivity contribution in [1.82, 2.24) is 9.97 Å². The maximum Gasteiger partial charge on any atom is 0.186 e. The molecule has 0 fully saturated rings. The van der Waals surface area contributed by atoms with Gasteiger partial charge in [0.2, 0.25) is 0 Å². The third-order valence-corrected chi connectivity index (χ3v) is 2.02. The van der Waals surface area contributed by atoms with Gasteiger partial charge in [0.1, 0.15) is 6.33 Å². The quantitative estimate of drug-likeness (QED) is 0.787. The van der Waals surface area contributed by atoms with Gasteiger partial charge in [-0.1, -0.05) is 0 Å². The van der Waals surface area contributed by atoms with Crippen molar-refractivity contribution in [3.63, 3.8) is 0 Å². The zero-order valence-electron chi connectivity index (χ0n) is 8.22. The highest BCUT2D eigenvalue weighted by molar-refractivity contribution is 6.20. The minimum atomic E-state index is -0.394. The van der Waals surface area contributed by atoms with Crippen LogP contribution in [-0.4, -0.2) is 21.9 Å². The highest BCUT2D eigenvalue weighted by Gasteiger charge is 2.06. The standard InChI is InChI=1S/C9H13ClFN3/c1-6(10)3-4-12-9-8(11)7(2)13-5-14-9/h5-6H,3-4H2,1-2H3,(H,12,13,14). The van der Waals surface area contributed by atoms with Crippen LogP contribution in [0, 0.1) is 12.7 Å². The second-order valence-corrected chi connectivity index (χ2v) is 3.86. The Morgan fingerprint density at radius 2 is 2.29 bits per heavy atom. The van der Waals surface area contributed by atoms with E-state index in [-0.39, 0.29) is 11.2 Å². The van der Waals surface area contributed by atoms with E-state index in [4.69, 9.17) is 11.6 Å². The van der Waals surface area contributed by atoms with Crippen molar-refractivity contribution in [1.29, 1.82) is 0 Å². The average Bonchev–Trinajstić information content (AvgIpc) is 2.12. The molecule has 0 aliphatic carbocycles. The molecule has 1 N–H and O–H groups in total. The zero-order valence-corrected chi connectivity index (χ0v) is 8.98. The van der Waals surface area contributed by atoms with Crippen LogP contribution in [0.3, 0.4) is 0 Å². The maximum absolute atomic E-state index is 13.3. The Hall–Kier alpha value is -0.900. The average molecular weight is 218 g/mol. The largest absolute Gasteiger partial charge is 0.367 e. The Morgan fingerprint density at radius 3 is 2.93 bits per heavy atom. The molecule has 1 rings (SSSR count). The van der Waals surface area contributed by atoms with Gasteiger partial charge in [0.25, 0.3) is 0 Å². The Labute approximate surface area is 87.7 Å². The SMILES string of the molecule is Cc1ncnc(NCCC(C)Cl)c1F. The van der Waals surface area contributed by atoms with E-state index in [2.05, 4.69) is 15.3 Å². The van der Waals surface area contributed by atoms with Gasteiger partial charge >= 0.3 is 0 Å². The minimum absolute atomic E-state index is 0.0773. The Bertz CT molecular complexity index is 304. The minimum Gasteiger partial charge on any atom is -0.367 e. The highest BCUT2D eigenvalue weighted by atomic mass is 35.5. The van der Waals surface area contributed by atoms with Gasteiger partial charge < -0.3 is 5.32 Å². The van der Waals surface area contributed by atoms with Gasteiger partial charge in [0.15, 0.2) is 11.6 Å². The lowest BCUT2D eigenvalue weighted by molar-refractivity contribution is 0.604. The molecule has 0 spiro atoms. The molecule has 3 nitrogen and oxygen atoms in total. The molecule has 0 saturated heterocycles. The summed E-state index contributed by atoms with van der Waals surface area (Å²) >= 11 is 5.75. The van der Waals surface area contributed by atoms with Gasteiger partial charge in [0.05, 0.1) is 5.69 Å². The molecule has 1 aromatic rings. The summed E-state index contributed by atoms with van der Waals surface area (Å²) in [5, 5.41) is 2.95. The van der Waals surface area contributed by atoms with Gasteiger partial charge in [-0.25, -0.2) is 14.4 Å². The summed E-state index contributed by atoms with van der Waals surface area (Å²) in [6.45, 7) is 4.11. The van der Waals surface area contributed by atoms with Crippen LogP contribution in [0.5, 0.6) is 0 Å². The van der Waals surface area contributed by atoms with Crippen molar-refractivity contribution >= 4 is 17.4 Å². The van der Waals surface area contributed by atoms with Crippen molar-refractivity contribution in [2.45, 2.75) is 25.6 Å². The van der Waals surface area contributed by atoms with Crippen LogP contribution in [0.25, 0.3) is 0 Å². The zero-order chi connectivity index (χ0) is 10.6. The molecule has 1 atom stereocenters. The number of nitrogens with zero attached hydrogens (tertiary/aromatic N) is 2. The van der Waals surface area contributed by atoms with Gasteiger partial charge in [-0.15, -0.1) is 11.6 Å². The molecule has 0 bridgehead atoms. The van der Waals surface area contributed by atoms with Gasteiger partial charge in [-0.2, -0.15) is 0 Å². The number of rotatable bonds is 4. The molecule has 0 amide bonds. The fraction of sp³-hybridized carbons (Fsp3) is 0.556. The van der Waals surface area contributed by atoms with Gasteiger partial charge in [-0.05, 0) is 20.3 Å². The second-order valence-electron chi connectivity index (χ2n) is 3.12. The highest BCUT2D eigenvalue weighted by Crippen LogP contribution is 2.11. The molecular weight excluding hydrogens is 205 g/mol. The summed E-state index contributed by atoms with van der Waals surface area (Å²) in [6.07, 6.45) is 2.11. The summed E-state index contributed by atoms with van der Waals surface area (Å²) in [4.78, 5) is 7.53. The molecule has 1 unspecified atom stereocenters. The van der Waals surface area contributed by atoms with Crippen LogP contribution in [0.2, 0.25) is 0 Å². The lowest BCUT2D eigenvalue weighted by Crippen LogP contribution is -2.10. The van der Waals surface area contributed by atoms with Crippen molar-refractivity contribution in [2.75, 3.05) is 11.9 Å². The van der Waals surface area contributed by atoms with Crippen molar-refractivity contribution in [3.05, 3.63) is 17.8 Å². The Kier molecular flexibility index (Phi) is 4.07. The summed E-state index contributed by atoms with van der Waals surface area (Å²) in [5.41, 5.74) is 0.349. The molecule has 78 valence electrons. The van der Waals surface area contributed by atoms with Crippen LogP contribution in [0.15, 0.2) is 6.33 Å². The monoisotopic (exact) mass is 217 g/mol. The number of anilines is 1. The Balaban J connectivity index is 2.54. The number of aromatic nitrogens is 2. The normalized spacial score (nSPS) is 12.6. The first-order chi connectivity index (χ1) is 6.61. The molecule has 0 saturated carbocycles. The van der Waals surface area contributed by atoms with E-state index in [1.165, 1.54) is 6.33 Å². The number of aryl methyl sites for hydroxylation is 1. The maximum atomic E-state index is 13.3. The second kappa shape index (κ2) is 5.10. The first-order valence-corrected chi connectivity index (χ1v) is 4.90. The van der Waals surface area contributed by atoms with Gasteiger partial charge in [-0.3, -0.25) is 0 Å². The van der Waals surface area contributed by atoms with Crippen molar-refractivity contribution in [3.8, 4) is 0 Å². The smallest absolute Gasteiger partial charge is 0.186 e. The first kappa shape index (κ1) is 11.2. The summed E-state index contributed by atoms with van der Waals surface area (Å²) in [5.74, 6) is -0.149. The van der Waals surface area contributed by atoms with E-state index in [1.807, 2.05) is 6.92 Å². The summed E-state index contributed by atoms with van der Waals surface area (Å²) in [7, 11) is 0. The van der Waals surface area contributed by atoms with Crippen molar-refractivity contribution < 1.29 is 4.39 Å².